The Bertz CT molecular complexity index is 979. The molecule has 3 N–H and O–H groups in total. The molecule has 4 rings (SSSR count). The van der Waals surface area contributed by atoms with E-state index in [9.17, 15) is 32.8 Å². The van der Waals surface area contributed by atoms with E-state index < -0.39 is 48.1 Å². The van der Waals surface area contributed by atoms with Gasteiger partial charge in [-0.3, -0.25) is 19.7 Å². The number of halogens is 3. The molecule has 2 saturated carbocycles. The number of carbonyl (C=O) groups is 3. The second-order valence-corrected chi connectivity index (χ2v) is 12.8. The summed E-state index contributed by atoms with van der Waals surface area (Å²) in [5.41, 5.74) is -1.16. The lowest BCUT2D eigenvalue weighted by Crippen LogP contribution is -2.59. The summed E-state index contributed by atoms with van der Waals surface area (Å²) in [4.78, 5) is 40.8. The maximum atomic E-state index is 13.6. The quantitative estimate of drug-likeness (QED) is 0.485. The van der Waals surface area contributed by atoms with Crippen LogP contribution < -0.4 is 16.0 Å². The van der Waals surface area contributed by atoms with Crippen molar-refractivity contribution in [3.63, 3.8) is 0 Å². The molecule has 2 heterocycles. The Kier molecular flexibility index (Phi) is 6.38. The van der Waals surface area contributed by atoms with Crippen LogP contribution in [-0.4, -0.2) is 65.6 Å². The number of hydrogen-bond donors (Lipinski definition) is 3. The van der Waals surface area contributed by atoms with E-state index in [-0.39, 0.29) is 47.6 Å². The Morgan fingerprint density at radius 3 is 2.39 bits per heavy atom. The number of nitriles is 1. The highest BCUT2D eigenvalue weighted by Gasteiger charge is 2.69. The molecule has 0 aromatic carbocycles. The van der Waals surface area contributed by atoms with E-state index in [1.54, 1.807) is 20.8 Å². The second-order valence-electron chi connectivity index (χ2n) is 12.8. The van der Waals surface area contributed by atoms with Crippen LogP contribution >= 0.6 is 0 Å². The van der Waals surface area contributed by atoms with Gasteiger partial charge in [-0.1, -0.05) is 34.6 Å². The van der Waals surface area contributed by atoms with Crippen LogP contribution in [0.5, 0.6) is 0 Å². The molecule has 2 saturated heterocycles. The van der Waals surface area contributed by atoms with Gasteiger partial charge in [0.05, 0.1) is 18.7 Å². The Morgan fingerprint density at radius 1 is 1.25 bits per heavy atom. The molecule has 0 aromatic heterocycles. The number of piperidine rings is 1. The molecule has 6 atom stereocenters. The molecule has 200 valence electrons. The summed E-state index contributed by atoms with van der Waals surface area (Å²) in [7, 11) is 0. The van der Waals surface area contributed by atoms with Crippen LogP contribution in [0.1, 0.15) is 60.3 Å². The number of alkyl halides is 3. The van der Waals surface area contributed by atoms with Crippen LogP contribution in [0.15, 0.2) is 0 Å². The number of amides is 3. The lowest BCUT2D eigenvalue weighted by atomic mass is 9.85. The number of carbonyl (C=O) groups excluding carboxylic acids is 3. The molecule has 11 heteroatoms. The number of rotatable bonds is 7. The van der Waals surface area contributed by atoms with Gasteiger partial charge in [0.1, 0.15) is 12.1 Å². The number of likely N-dealkylation sites (tertiary alicyclic amines) is 1. The number of nitrogens with one attached hydrogen (secondary N) is 3. The monoisotopic (exact) mass is 511 g/mol. The Labute approximate surface area is 209 Å². The third kappa shape index (κ3) is 5.06. The summed E-state index contributed by atoms with van der Waals surface area (Å²) in [5, 5.41) is 17.8. The lowest BCUT2D eigenvalue weighted by Gasteiger charge is -2.38. The van der Waals surface area contributed by atoms with E-state index in [1.807, 2.05) is 13.8 Å². The zero-order valence-electron chi connectivity index (χ0n) is 21.5. The van der Waals surface area contributed by atoms with Gasteiger partial charge in [0.2, 0.25) is 17.7 Å². The molecule has 2 aliphatic carbocycles. The Balaban J connectivity index is 1.48. The number of fused-ring (bicyclic) bond motifs is 1. The summed E-state index contributed by atoms with van der Waals surface area (Å²) in [6, 6.07) is -0.842. The van der Waals surface area contributed by atoms with E-state index in [2.05, 4.69) is 22.0 Å². The van der Waals surface area contributed by atoms with Crippen molar-refractivity contribution in [1.29, 1.82) is 5.26 Å². The van der Waals surface area contributed by atoms with Crippen molar-refractivity contribution in [2.24, 2.45) is 28.6 Å². The highest BCUT2D eigenvalue weighted by atomic mass is 19.4. The van der Waals surface area contributed by atoms with Gasteiger partial charge in [0.15, 0.2) is 0 Å². The summed E-state index contributed by atoms with van der Waals surface area (Å²) < 4.78 is 38.8. The van der Waals surface area contributed by atoms with Gasteiger partial charge in [0.25, 0.3) is 0 Å². The largest absolute Gasteiger partial charge is 0.401 e. The summed E-state index contributed by atoms with van der Waals surface area (Å²) in [6.07, 6.45) is -1.81. The average molecular weight is 512 g/mol. The molecular weight excluding hydrogens is 475 g/mol. The van der Waals surface area contributed by atoms with Crippen molar-refractivity contribution in [2.45, 2.75) is 90.1 Å². The third-order valence-electron chi connectivity index (χ3n) is 8.62. The van der Waals surface area contributed by atoms with Gasteiger partial charge in [-0.05, 0) is 48.3 Å². The molecular formula is C25H36F3N5O3. The molecule has 4 aliphatic rings. The number of hydrogen-bond acceptors (Lipinski definition) is 5. The molecule has 36 heavy (non-hydrogen) atoms. The van der Waals surface area contributed by atoms with Crippen LogP contribution in [0.2, 0.25) is 0 Å². The van der Waals surface area contributed by atoms with Gasteiger partial charge in [0, 0.05) is 18.0 Å². The van der Waals surface area contributed by atoms with Crippen molar-refractivity contribution < 1.29 is 27.6 Å². The molecule has 3 amide bonds. The topological polar surface area (TPSA) is 114 Å². The van der Waals surface area contributed by atoms with Crippen molar-refractivity contribution in [1.82, 2.24) is 20.9 Å². The Morgan fingerprint density at radius 2 is 1.89 bits per heavy atom. The van der Waals surface area contributed by atoms with Crippen molar-refractivity contribution in [2.75, 3.05) is 13.1 Å². The SMILES string of the molecule is CC(C)(C)[C@H](NCC(F)(F)F)C(=O)N1C[C@H]2[C@@H]([C@H]1C(=O)N[C@H](C#N)C[C@@H]1CC3(CC3)NC1=O)C2(C)C. The van der Waals surface area contributed by atoms with E-state index >= 15 is 0 Å². The fraction of sp³-hybridized carbons (Fsp3) is 0.840. The standard InChI is InChI=1S/C25H36F3N5O3/c1-22(2,3)18(30-12-25(26,27)28)21(36)33-11-15-16(23(15,4)5)17(33)20(35)31-14(10-29)8-13-9-24(6-7-24)32-19(13)34/h13-18,30H,6-9,11-12H2,1-5H3,(H,31,35)(H,32,34)/t13-,14+,15+,16+,17+,18-/m1/s1. The maximum Gasteiger partial charge on any atom is 0.401 e. The van der Waals surface area contributed by atoms with Crippen molar-refractivity contribution in [3.8, 4) is 6.07 Å². The first-order valence-corrected chi connectivity index (χ1v) is 12.6. The highest BCUT2D eigenvalue weighted by molar-refractivity contribution is 5.92. The summed E-state index contributed by atoms with van der Waals surface area (Å²) in [5.74, 6) is -1.59. The maximum absolute atomic E-state index is 13.6. The first-order chi connectivity index (χ1) is 16.5. The fourth-order valence-corrected chi connectivity index (χ4v) is 6.30. The minimum Gasteiger partial charge on any atom is -0.350 e. The summed E-state index contributed by atoms with van der Waals surface area (Å²) in [6.45, 7) is 8.02. The minimum absolute atomic E-state index is 0.0521. The summed E-state index contributed by atoms with van der Waals surface area (Å²) >= 11 is 0. The predicted octanol–water partition coefficient (Wildman–Crippen LogP) is 2.10. The van der Waals surface area contributed by atoms with Crippen molar-refractivity contribution in [3.05, 3.63) is 0 Å². The zero-order valence-corrected chi connectivity index (χ0v) is 21.5. The molecule has 2 aliphatic heterocycles. The zero-order chi connectivity index (χ0) is 26.8. The normalized spacial score (nSPS) is 31.3. The van der Waals surface area contributed by atoms with Gasteiger partial charge in [-0.15, -0.1) is 0 Å². The van der Waals surface area contributed by atoms with Crippen LogP contribution in [0.4, 0.5) is 13.2 Å². The molecule has 0 aromatic rings. The smallest absolute Gasteiger partial charge is 0.350 e. The minimum atomic E-state index is -4.48. The molecule has 0 bridgehead atoms. The van der Waals surface area contributed by atoms with Crippen LogP contribution in [-0.2, 0) is 14.4 Å². The van der Waals surface area contributed by atoms with Crippen LogP contribution in [0.25, 0.3) is 0 Å². The molecule has 8 nitrogen and oxygen atoms in total. The predicted molar refractivity (Wildman–Crippen MR) is 124 cm³/mol. The van der Waals surface area contributed by atoms with Gasteiger partial charge in [-0.25, -0.2) is 0 Å². The van der Waals surface area contributed by atoms with Gasteiger partial charge < -0.3 is 15.5 Å². The van der Waals surface area contributed by atoms with Gasteiger partial charge in [-0.2, -0.15) is 18.4 Å². The fourth-order valence-electron chi connectivity index (χ4n) is 6.30. The molecule has 0 radical (unpaired) electrons. The second kappa shape index (κ2) is 8.61. The number of nitrogens with zero attached hydrogens (tertiary/aromatic N) is 2. The van der Waals surface area contributed by atoms with Crippen molar-refractivity contribution >= 4 is 17.7 Å². The molecule has 4 fully saturated rings. The first-order valence-electron chi connectivity index (χ1n) is 12.6. The molecule has 0 unspecified atom stereocenters. The van der Waals surface area contributed by atoms with E-state index in [4.69, 9.17) is 0 Å². The van der Waals surface area contributed by atoms with Crippen LogP contribution in [0.3, 0.4) is 0 Å². The lowest BCUT2D eigenvalue weighted by molar-refractivity contribution is -0.147. The average Bonchev–Trinajstić information content (AvgIpc) is 3.45. The third-order valence-corrected chi connectivity index (χ3v) is 8.62. The van der Waals surface area contributed by atoms with Crippen LogP contribution in [0, 0.1) is 39.9 Å². The van der Waals surface area contributed by atoms with Gasteiger partial charge >= 0.3 is 6.18 Å². The Hall–Kier alpha value is -2.35. The van der Waals surface area contributed by atoms with E-state index in [1.165, 1.54) is 4.90 Å². The van der Waals surface area contributed by atoms with E-state index in [0.717, 1.165) is 12.8 Å². The van der Waals surface area contributed by atoms with E-state index in [0.29, 0.717) is 6.42 Å². The first kappa shape index (κ1) is 26.7. The molecule has 1 spiro atoms. The highest BCUT2D eigenvalue weighted by Crippen LogP contribution is 2.65.